The Bertz CT molecular complexity index is 523. The third-order valence-electron chi connectivity index (χ3n) is 3.32. The highest BCUT2D eigenvalue weighted by Gasteiger charge is 2.36. The number of amides is 1. The predicted octanol–water partition coefficient (Wildman–Crippen LogP) is 3.67. The number of benzene rings is 1. The van der Waals surface area contributed by atoms with Gasteiger partial charge in [0.1, 0.15) is 0 Å². The Morgan fingerprint density at radius 1 is 1.32 bits per heavy atom. The third kappa shape index (κ3) is 3.60. The number of allylic oxidation sites excluding steroid dienone is 3. The minimum atomic E-state index is -0.272. The van der Waals surface area contributed by atoms with E-state index in [0.717, 1.165) is 17.9 Å². The summed E-state index contributed by atoms with van der Waals surface area (Å²) < 4.78 is -0.238. The van der Waals surface area contributed by atoms with Gasteiger partial charge >= 0.3 is 0 Å². The quantitative estimate of drug-likeness (QED) is 0.622. The van der Waals surface area contributed by atoms with Gasteiger partial charge in [-0.25, -0.2) is 0 Å². The molecule has 2 unspecified atom stereocenters. The van der Waals surface area contributed by atoms with Crippen molar-refractivity contribution in [2.75, 3.05) is 0 Å². The number of halogens is 2. The van der Waals surface area contributed by atoms with Crippen molar-refractivity contribution in [3.8, 4) is 0 Å². The number of hydrogen-bond acceptors (Lipinski definition) is 1. The molecule has 1 aromatic rings. The summed E-state index contributed by atoms with van der Waals surface area (Å²) in [6.45, 7) is 0. The molecule has 0 aromatic heterocycles. The maximum atomic E-state index is 11.5. The summed E-state index contributed by atoms with van der Waals surface area (Å²) in [6, 6.07) is 7.81. The molecule has 2 nitrogen and oxygen atoms in total. The predicted molar refractivity (Wildman–Crippen MR) is 87.5 cm³/mol. The summed E-state index contributed by atoms with van der Waals surface area (Å²) in [4.78, 5) is 11.5. The summed E-state index contributed by atoms with van der Waals surface area (Å²) in [5.41, 5.74) is 6.70. The SMILES string of the molecule is NC(=O)C1C=CC=CC1(I)CCc1ccc(Cl)cc1. The molecule has 100 valence electrons. The summed E-state index contributed by atoms with van der Waals surface area (Å²) in [7, 11) is 0. The van der Waals surface area contributed by atoms with E-state index >= 15 is 0 Å². The molecule has 19 heavy (non-hydrogen) atoms. The van der Waals surface area contributed by atoms with Crippen LogP contribution in [0.1, 0.15) is 12.0 Å². The zero-order valence-electron chi connectivity index (χ0n) is 10.4. The molecule has 1 aliphatic rings. The standard InChI is InChI=1S/C15H15ClINO/c16-12-6-4-11(5-7-12)8-10-15(17)9-2-1-3-13(15)14(18)19/h1-7,9,13H,8,10H2,(H2,18,19). The number of nitrogens with two attached hydrogens (primary N) is 1. The van der Waals surface area contributed by atoms with Gasteiger partial charge in [0, 0.05) is 5.02 Å². The summed E-state index contributed by atoms with van der Waals surface area (Å²) in [5.74, 6) is -0.517. The second-order valence-corrected chi connectivity index (χ2v) is 7.12. The van der Waals surface area contributed by atoms with Crippen molar-refractivity contribution < 1.29 is 4.79 Å². The van der Waals surface area contributed by atoms with E-state index in [-0.39, 0.29) is 15.2 Å². The lowest BCUT2D eigenvalue weighted by Crippen LogP contribution is -2.39. The van der Waals surface area contributed by atoms with E-state index in [2.05, 4.69) is 28.7 Å². The molecule has 0 saturated carbocycles. The fourth-order valence-electron chi connectivity index (χ4n) is 2.21. The van der Waals surface area contributed by atoms with Crippen LogP contribution in [-0.2, 0) is 11.2 Å². The normalized spacial score (nSPS) is 25.5. The maximum absolute atomic E-state index is 11.5. The van der Waals surface area contributed by atoms with E-state index < -0.39 is 0 Å². The first-order valence-electron chi connectivity index (χ1n) is 6.10. The minimum Gasteiger partial charge on any atom is -0.369 e. The zero-order chi connectivity index (χ0) is 13.9. The van der Waals surface area contributed by atoms with Crippen LogP contribution in [0, 0.1) is 5.92 Å². The minimum absolute atomic E-state index is 0.238. The molecule has 0 saturated heterocycles. The van der Waals surface area contributed by atoms with Crippen LogP contribution in [0.25, 0.3) is 0 Å². The third-order valence-corrected chi connectivity index (χ3v) is 5.14. The number of carbonyl (C=O) groups is 1. The molecule has 1 aliphatic carbocycles. The Kier molecular flexibility index (Phi) is 4.68. The van der Waals surface area contributed by atoms with Crippen molar-refractivity contribution >= 4 is 40.1 Å². The zero-order valence-corrected chi connectivity index (χ0v) is 13.3. The maximum Gasteiger partial charge on any atom is 0.226 e. The highest BCUT2D eigenvalue weighted by atomic mass is 127. The van der Waals surface area contributed by atoms with Crippen LogP contribution in [0.15, 0.2) is 48.6 Å². The smallest absolute Gasteiger partial charge is 0.226 e. The van der Waals surface area contributed by atoms with E-state index in [4.69, 9.17) is 17.3 Å². The molecule has 0 radical (unpaired) electrons. The largest absolute Gasteiger partial charge is 0.369 e. The molecule has 2 atom stereocenters. The lowest BCUT2D eigenvalue weighted by atomic mass is 9.83. The summed E-state index contributed by atoms with van der Waals surface area (Å²) in [5, 5.41) is 0.739. The molecule has 0 spiro atoms. The number of primary amides is 1. The Morgan fingerprint density at radius 3 is 2.63 bits per heavy atom. The van der Waals surface area contributed by atoms with Crippen LogP contribution in [-0.4, -0.2) is 9.33 Å². The van der Waals surface area contributed by atoms with Gasteiger partial charge in [0.25, 0.3) is 0 Å². The molecule has 0 fully saturated rings. The Hall–Kier alpha value is -0.810. The highest BCUT2D eigenvalue weighted by molar-refractivity contribution is 14.1. The average molecular weight is 388 g/mol. The molecule has 1 amide bonds. The molecule has 2 N–H and O–H groups in total. The van der Waals surface area contributed by atoms with Gasteiger partial charge < -0.3 is 5.73 Å². The molecule has 1 aromatic carbocycles. The number of alkyl halides is 1. The molecule has 0 bridgehead atoms. The van der Waals surface area contributed by atoms with Crippen molar-refractivity contribution in [3.63, 3.8) is 0 Å². The Balaban J connectivity index is 2.08. The van der Waals surface area contributed by atoms with Crippen molar-refractivity contribution in [3.05, 3.63) is 59.2 Å². The second kappa shape index (κ2) is 6.09. The Morgan fingerprint density at radius 2 is 2.00 bits per heavy atom. The first-order valence-corrected chi connectivity index (χ1v) is 7.56. The monoisotopic (exact) mass is 387 g/mol. The van der Waals surface area contributed by atoms with Crippen LogP contribution in [0.2, 0.25) is 5.02 Å². The van der Waals surface area contributed by atoms with E-state index in [9.17, 15) is 4.79 Å². The number of rotatable bonds is 4. The van der Waals surface area contributed by atoms with Gasteiger partial charge in [0.05, 0.1) is 9.34 Å². The van der Waals surface area contributed by atoms with Gasteiger partial charge in [-0.1, -0.05) is 70.6 Å². The second-order valence-electron chi connectivity index (χ2n) is 4.68. The number of carbonyl (C=O) groups excluding carboxylic acids is 1. The lowest BCUT2D eigenvalue weighted by Gasteiger charge is -2.31. The van der Waals surface area contributed by atoms with Gasteiger partial charge in [0.15, 0.2) is 0 Å². The van der Waals surface area contributed by atoms with Gasteiger partial charge in [-0.05, 0) is 30.5 Å². The summed E-state index contributed by atoms with van der Waals surface area (Å²) >= 11 is 8.21. The van der Waals surface area contributed by atoms with Crippen molar-refractivity contribution in [2.45, 2.75) is 16.3 Å². The molecule has 0 aliphatic heterocycles. The number of aryl methyl sites for hydroxylation is 1. The van der Waals surface area contributed by atoms with Crippen LogP contribution in [0.4, 0.5) is 0 Å². The Labute approximate surface area is 131 Å². The van der Waals surface area contributed by atoms with Crippen molar-refractivity contribution in [1.29, 1.82) is 0 Å². The van der Waals surface area contributed by atoms with Gasteiger partial charge in [-0.3, -0.25) is 4.79 Å². The van der Waals surface area contributed by atoms with Crippen LogP contribution in [0.3, 0.4) is 0 Å². The topological polar surface area (TPSA) is 43.1 Å². The summed E-state index contributed by atoms with van der Waals surface area (Å²) in [6.07, 6.45) is 9.57. The van der Waals surface area contributed by atoms with Gasteiger partial charge in [-0.15, -0.1) is 0 Å². The first-order chi connectivity index (χ1) is 9.01. The molecule has 2 rings (SSSR count). The average Bonchev–Trinajstić information content (AvgIpc) is 2.38. The fourth-order valence-corrected chi connectivity index (χ4v) is 3.33. The van der Waals surface area contributed by atoms with E-state index in [1.54, 1.807) is 0 Å². The van der Waals surface area contributed by atoms with Crippen LogP contribution in [0.5, 0.6) is 0 Å². The first kappa shape index (κ1) is 14.6. The van der Waals surface area contributed by atoms with E-state index in [1.807, 2.05) is 42.5 Å². The van der Waals surface area contributed by atoms with Crippen molar-refractivity contribution in [2.24, 2.45) is 11.7 Å². The van der Waals surface area contributed by atoms with Crippen molar-refractivity contribution in [1.82, 2.24) is 0 Å². The highest BCUT2D eigenvalue weighted by Crippen LogP contribution is 2.38. The molecule has 4 heteroatoms. The molecule has 0 heterocycles. The molecular formula is C15H15ClINO. The number of hydrogen-bond donors (Lipinski definition) is 1. The lowest BCUT2D eigenvalue weighted by molar-refractivity contribution is -0.120. The van der Waals surface area contributed by atoms with Crippen LogP contribution < -0.4 is 5.73 Å². The van der Waals surface area contributed by atoms with Gasteiger partial charge in [0.2, 0.25) is 5.91 Å². The van der Waals surface area contributed by atoms with Crippen LogP contribution >= 0.6 is 34.2 Å². The van der Waals surface area contributed by atoms with E-state index in [0.29, 0.717) is 0 Å². The van der Waals surface area contributed by atoms with E-state index in [1.165, 1.54) is 5.56 Å². The molecular weight excluding hydrogens is 373 g/mol. The van der Waals surface area contributed by atoms with Gasteiger partial charge in [-0.2, -0.15) is 0 Å². The fraction of sp³-hybridized carbons (Fsp3) is 0.267.